The first kappa shape index (κ1) is 9.64. The van der Waals surface area contributed by atoms with Gasteiger partial charge in [0.25, 0.3) is 0 Å². The summed E-state index contributed by atoms with van der Waals surface area (Å²) in [7, 11) is 2.84. The molecule has 0 fully saturated rings. The number of ether oxygens (including phenoxy) is 4. The first-order chi connectivity index (χ1) is 7.27. The van der Waals surface area contributed by atoms with Crippen LogP contribution in [0.25, 0.3) is 0 Å². The Bertz CT molecular complexity index is 399. The van der Waals surface area contributed by atoms with Crippen molar-refractivity contribution >= 4 is 5.97 Å². The minimum Gasteiger partial charge on any atom is -0.493 e. The van der Waals surface area contributed by atoms with Gasteiger partial charge in [-0.15, -0.1) is 0 Å². The molecule has 0 bridgehead atoms. The summed E-state index contributed by atoms with van der Waals surface area (Å²) in [6, 6.07) is 3.22. The zero-order chi connectivity index (χ0) is 10.8. The Morgan fingerprint density at radius 2 is 2.00 bits per heavy atom. The SMILES string of the molecule is COC(=O)c1ccc(OC)c2c1OCO2. The molecule has 0 saturated carbocycles. The standard InChI is InChI=1S/C10H10O5/c1-12-7-4-3-6(10(11)13-2)8-9(7)15-5-14-8/h3-4H,5H2,1-2H3. The average molecular weight is 210 g/mol. The number of hydrogen-bond donors (Lipinski definition) is 0. The number of methoxy groups -OCH3 is 2. The normalized spacial score (nSPS) is 12.4. The zero-order valence-electron chi connectivity index (χ0n) is 8.40. The molecule has 0 amide bonds. The van der Waals surface area contributed by atoms with Crippen molar-refractivity contribution in [3.05, 3.63) is 17.7 Å². The smallest absolute Gasteiger partial charge is 0.341 e. The highest BCUT2D eigenvalue weighted by Crippen LogP contribution is 2.43. The van der Waals surface area contributed by atoms with Crippen LogP contribution >= 0.6 is 0 Å². The van der Waals surface area contributed by atoms with Crippen LogP contribution in [0.3, 0.4) is 0 Å². The molecule has 80 valence electrons. The molecule has 5 nitrogen and oxygen atoms in total. The van der Waals surface area contributed by atoms with E-state index in [0.717, 1.165) is 0 Å². The minimum absolute atomic E-state index is 0.0830. The summed E-state index contributed by atoms with van der Waals surface area (Å²) in [5.74, 6) is 0.899. The van der Waals surface area contributed by atoms with E-state index in [1.807, 2.05) is 0 Å². The summed E-state index contributed by atoms with van der Waals surface area (Å²) in [6.07, 6.45) is 0. The zero-order valence-corrected chi connectivity index (χ0v) is 8.40. The Morgan fingerprint density at radius 1 is 1.27 bits per heavy atom. The number of rotatable bonds is 2. The molecule has 1 aromatic carbocycles. The van der Waals surface area contributed by atoms with Crippen LogP contribution in [0.15, 0.2) is 12.1 Å². The van der Waals surface area contributed by atoms with Crippen LogP contribution in [-0.2, 0) is 4.74 Å². The largest absolute Gasteiger partial charge is 0.493 e. The summed E-state index contributed by atoms with van der Waals surface area (Å²) in [5.41, 5.74) is 0.339. The lowest BCUT2D eigenvalue weighted by molar-refractivity contribution is 0.0596. The van der Waals surface area contributed by atoms with Crippen LogP contribution in [0.1, 0.15) is 10.4 Å². The molecule has 1 aromatic rings. The van der Waals surface area contributed by atoms with Gasteiger partial charge in [0.15, 0.2) is 11.5 Å². The maximum Gasteiger partial charge on any atom is 0.341 e. The highest BCUT2D eigenvalue weighted by atomic mass is 16.7. The van der Waals surface area contributed by atoms with Gasteiger partial charge in [-0.2, -0.15) is 0 Å². The van der Waals surface area contributed by atoms with Crippen LogP contribution in [-0.4, -0.2) is 27.0 Å². The Kier molecular flexibility index (Phi) is 2.37. The summed E-state index contributed by atoms with van der Waals surface area (Å²) in [5, 5.41) is 0. The first-order valence-corrected chi connectivity index (χ1v) is 4.33. The van der Waals surface area contributed by atoms with E-state index in [-0.39, 0.29) is 6.79 Å². The van der Waals surface area contributed by atoms with Crippen molar-refractivity contribution in [1.29, 1.82) is 0 Å². The second-order valence-electron chi connectivity index (χ2n) is 2.87. The summed E-state index contributed by atoms with van der Waals surface area (Å²) < 4.78 is 20.1. The molecular formula is C10H10O5. The molecule has 1 heterocycles. The highest BCUT2D eigenvalue weighted by molar-refractivity contribution is 5.94. The topological polar surface area (TPSA) is 54.0 Å². The Balaban J connectivity index is 2.51. The van der Waals surface area contributed by atoms with E-state index < -0.39 is 5.97 Å². The lowest BCUT2D eigenvalue weighted by Crippen LogP contribution is -2.03. The van der Waals surface area contributed by atoms with Crippen LogP contribution < -0.4 is 14.2 Å². The number of hydrogen-bond acceptors (Lipinski definition) is 5. The van der Waals surface area contributed by atoms with E-state index in [0.29, 0.717) is 22.8 Å². The average Bonchev–Trinajstić information content (AvgIpc) is 2.75. The van der Waals surface area contributed by atoms with Crippen molar-refractivity contribution in [2.45, 2.75) is 0 Å². The van der Waals surface area contributed by atoms with Crippen molar-refractivity contribution in [3.63, 3.8) is 0 Å². The van der Waals surface area contributed by atoms with E-state index in [4.69, 9.17) is 14.2 Å². The molecule has 15 heavy (non-hydrogen) atoms. The molecule has 1 aliphatic heterocycles. The van der Waals surface area contributed by atoms with Gasteiger partial charge in [0, 0.05) is 0 Å². The molecular weight excluding hydrogens is 200 g/mol. The van der Waals surface area contributed by atoms with Crippen LogP contribution in [0, 0.1) is 0 Å². The van der Waals surface area contributed by atoms with Crippen molar-refractivity contribution in [2.75, 3.05) is 21.0 Å². The van der Waals surface area contributed by atoms with E-state index in [9.17, 15) is 4.79 Å². The lowest BCUT2D eigenvalue weighted by Gasteiger charge is -2.07. The fraction of sp³-hybridized carbons (Fsp3) is 0.300. The van der Waals surface area contributed by atoms with Crippen molar-refractivity contribution in [2.24, 2.45) is 0 Å². The van der Waals surface area contributed by atoms with Crippen LogP contribution in [0.5, 0.6) is 17.2 Å². The number of fused-ring (bicyclic) bond motifs is 1. The molecule has 0 atom stereocenters. The van der Waals surface area contributed by atoms with Gasteiger partial charge in [-0.3, -0.25) is 0 Å². The fourth-order valence-electron chi connectivity index (χ4n) is 1.40. The van der Waals surface area contributed by atoms with Crippen LogP contribution in [0.4, 0.5) is 0 Å². The number of esters is 1. The molecule has 0 radical (unpaired) electrons. The first-order valence-electron chi connectivity index (χ1n) is 4.33. The predicted molar refractivity (Wildman–Crippen MR) is 50.5 cm³/mol. The molecule has 1 aliphatic rings. The monoisotopic (exact) mass is 210 g/mol. The van der Waals surface area contributed by atoms with E-state index in [2.05, 4.69) is 4.74 Å². The summed E-state index contributed by atoms with van der Waals surface area (Å²) >= 11 is 0. The maximum absolute atomic E-state index is 11.4. The van der Waals surface area contributed by atoms with Crippen molar-refractivity contribution in [1.82, 2.24) is 0 Å². The van der Waals surface area contributed by atoms with Crippen molar-refractivity contribution in [3.8, 4) is 17.2 Å². The summed E-state index contributed by atoms with van der Waals surface area (Å²) in [6.45, 7) is 0.0830. The molecule has 0 spiro atoms. The third-order valence-electron chi connectivity index (χ3n) is 2.11. The molecule has 0 saturated heterocycles. The fourth-order valence-corrected chi connectivity index (χ4v) is 1.40. The van der Waals surface area contributed by atoms with Gasteiger partial charge in [-0.1, -0.05) is 0 Å². The van der Waals surface area contributed by atoms with Crippen LogP contribution in [0.2, 0.25) is 0 Å². The number of carbonyl (C=O) groups excluding carboxylic acids is 1. The highest BCUT2D eigenvalue weighted by Gasteiger charge is 2.26. The van der Waals surface area contributed by atoms with Gasteiger partial charge in [0.2, 0.25) is 12.5 Å². The van der Waals surface area contributed by atoms with Gasteiger partial charge < -0.3 is 18.9 Å². The lowest BCUT2D eigenvalue weighted by atomic mass is 10.2. The van der Waals surface area contributed by atoms with E-state index in [1.54, 1.807) is 12.1 Å². The molecule has 0 unspecified atom stereocenters. The second kappa shape index (κ2) is 3.68. The Morgan fingerprint density at radius 3 is 2.67 bits per heavy atom. The van der Waals surface area contributed by atoms with Gasteiger partial charge in [0.1, 0.15) is 5.56 Å². The van der Waals surface area contributed by atoms with Gasteiger partial charge in [-0.25, -0.2) is 4.79 Å². The molecule has 2 rings (SSSR count). The second-order valence-corrected chi connectivity index (χ2v) is 2.87. The quantitative estimate of drug-likeness (QED) is 0.687. The Hall–Kier alpha value is -1.91. The molecule has 0 aromatic heterocycles. The van der Waals surface area contributed by atoms with E-state index in [1.165, 1.54) is 14.2 Å². The van der Waals surface area contributed by atoms with Crippen molar-refractivity contribution < 1.29 is 23.7 Å². The third-order valence-corrected chi connectivity index (χ3v) is 2.11. The van der Waals surface area contributed by atoms with Gasteiger partial charge >= 0.3 is 5.97 Å². The Labute approximate surface area is 86.5 Å². The van der Waals surface area contributed by atoms with E-state index >= 15 is 0 Å². The minimum atomic E-state index is -0.459. The van der Waals surface area contributed by atoms with Gasteiger partial charge in [0.05, 0.1) is 14.2 Å². The summed E-state index contributed by atoms with van der Waals surface area (Å²) in [4.78, 5) is 11.4. The molecule has 0 N–H and O–H groups in total. The van der Waals surface area contributed by atoms with Gasteiger partial charge in [-0.05, 0) is 12.1 Å². The maximum atomic E-state index is 11.4. The molecule has 0 aliphatic carbocycles. The predicted octanol–water partition coefficient (Wildman–Crippen LogP) is 1.21. The number of carbonyl (C=O) groups is 1. The number of benzene rings is 1. The third kappa shape index (κ3) is 1.45. The molecule has 5 heteroatoms.